The minimum atomic E-state index is -0.457. The Morgan fingerprint density at radius 1 is 1.58 bits per heavy atom. The minimum absolute atomic E-state index is 0.0269. The molecule has 1 N–H and O–H groups in total. The van der Waals surface area contributed by atoms with E-state index in [1.54, 1.807) is 6.07 Å². The number of hydrogen-bond donors (Lipinski definition) is 1. The number of nitrogens with one attached hydrogen (secondary N) is 1. The van der Waals surface area contributed by atoms with E-state index in [9.17, 15) is 4.79 Å². The van der Waals surface area contributed by atoms with Gasteiger partial charge in [0.2, 0.25) is 5.76 Å². The van der Waals surface area contributed by atoms with Gasteiger partial charge in [-0.05, 0) is 31.0 Å². The molecule has 5 nitrogen and oxygen atoms in total. The number of furan rings is 1. The van der Waals surface area contributed by atoms with Gasteiger partial charge in [-0.3, -0.25) is 0 Å². The highest BCUT2D eigenvalue weighted by atomic mass is 16.5. The van der Waals surface area contributed by atoms with Crippen molar-refractivity contribution in [2.24, 2.45) is 5.92 Å². The second-order valence-corrected chi connectivity index (χ2v) is 4.83. The Hall–Kier alpha value is -1.33. The topological polar surface area (TPSA) is 60.7 Å². The average Bonchev–Trinajstić information content (AvgIpc) is 3.04. The Labute approximate surface area is 113 Å². The van der Waals surface area contributed by atoms with Crippen LogP contribution in [0.3, 0.4) is 0 Å². The van der Waals surface area contributed by atoms with Crippen molar-refractivity contribution in [2.45, 2.75) is 32.4 Å². The smallest absolute Gasteiger partial charge is 0.373 e. The summed E-state index contributed by atoms with van der Waals surface area (Å²) in [5.41, 5.74) is 0. The summed E-state index contributed by atoms with van der Waals surface area (Å²) in [6, 6.07) is 3.43. The van der Waals surface area contributed by atoms with E-state index in [4.69, 9.17) is 9.15 Å². The zero-order chi connectivity index (χ0) is 13.8. The fourth-order valence-corrected chi connectivity index (χ4v) is 2.47. The summed E-state index contributed by atoms with van der Waals surface area (Å²) in [6.45, 7) is 5.80. The lowest BCUT2D eigenvalue weighted by Gasteiger charge is -2.25. The standard InChI is InChI=1S/C14H21NO4/c1-4-15-12(13-9(2)7-8-18-13)10-5-6-11(19-10)14(16)17-3/h5-6,9,12-13,15H,4,7-8H2,1-3H3. The Bertz CT molecular complexity index is 429. The zero-order valence-electron chi connectivity index (χ0n) is 11.6. The molecule has 0 saturated carbocycles. The van der Waals surface area contributed by atoms with Gasteiger partial charge in [-0.1, -0.05) is 13.8 Å². The maximum atomic E-state index is 11.4. The zero-order valence-corrected chi connectivity index (χ0v) is 11.6. The van der Waals surface area contributed by atoms with Crippen LogP contribution in [0.2, 0.25) is 0 Å². The van der Waals surface area contributed by atoms with Crippen molar-refractivity contribution in [3.8, 4) is 0 Å². The van der Waals surface area contributed by atoms with E-state index >= 15 is 0 Å². The molecule has 0 bridgehead atoms. The molecule has 1 aromatic heterocycles. The van der Waals surface area contributed by atoms with Crippen molar-refractivity contribution in [3.05, 3.63) is 23.7 Å². The molecule has 5 heteroatoms. The van der Waals surface area contributed by atoms with Crippen molar-refractivity contribution in [1.29, 1.82) is 0 Å². The molecule has 1 fully saturated rings. The second-order valence-electron chi connectivity index (χ2n) is 4.83. The Balaban J connectivity index is 2.18. The molecule has 19 heavy (non-hydrogen) atoms. The molecule has 2 heterocycles. The largest absolute Gasteiger partial charge is 0.463 e. The van der Waals surface area contributed by atoms with Crippen LogP contribution in [0.1, 0.15) is 42.6 Å². The first kappa shape index (κ1) is 14.1. The van der Waals surface area contributed by atoms with Gasteiger partial charge in [-0.2, -0.15) is 0 Å². The van der Waals surface area contributed by atoms with Gasteiger partial charge in [-0.15, -0.1) is 0 Å². The van der Waals surface area contributed by atoms with E-state index in [1.807, 2.05) is 13.0 Å². The molecule has 0 radical (unpaired) electrons. The number of ether oxygens (including phenoxy) is 2. The fraction of sp³-hybridized carbons (Fsp3) is 0.643. The maximum Gasteiger partial charge on any atom is 0.373 e. The van der Waals surface area contributed by atoms with Gasteiger partial charge in [-0.25, -0.2) is 4.79 Å². The highest BCUT2D eigenvalue weighted by Crippen LogP contribution is 2.32. The Kier molecular flexibility index (Phi) is 4.61. The van der Waals surface area contributed by atoms with Crippen LogP contribution in [0.15, 0.2) is 16.5 Å². The summed E-state index contributed by atoms with van der Waals surface area (Å²) in [6.07, 6.45) is 1.13. The van der Waals surface area contributed by atoms with Crippen LogP contribution >= 0.6 is 0 Å². The van der Waals surface area contributed by atoms with Gasteiger partial charge in [0.05, 0.1) is 19.3 Å². The first-order valence-electron chi connectivity index (χ1n) is 6.70. The second kappa shape index (κ2) is 6.21. The molecule has 0 aromatic carbocycles. The molecule has 3 unspecified atom stereocenters. The van der Waals surface area contributed by atoms with Crippen LogP contribution < -0.4 is 5.32 Å². The number of rotatable bonds is 5. The van der Waals surface area contributed by atoms with E-state index in [2.05, 4.69) is 17.0 Å². The number of esters is 1. The van der Waals surface area contributed by atoms with Gasteiger partial charge in [0.25, 0.3) is 0 Å². The molecule has 1 aliphatic rings. The third-order valence-electron chi connectivity index (χ3n) is 3.52. The van der Waals surface area contributed by atoms with Crippen LogP contribution in [-0.4, -0.2) is 32.3 Å². The van der Waals surface area contributed by atoms with Crippen molar-refractivity contribution < 1.29 is 18.7 Å². The summed E-state index contributed by atoms with van der Waals surface area (Å²) in [5, 5.41) is 3.37. The summed E-state index contributed by atoms with van der Waals surface area (Å²) >= 11 is 0. The van der Waals surface area contributed by atoms with Crippen molar-refractivity contribution in [2.75, 3.05) is 20.3 Å². The fourth-order valence-electron chi connectivity index (χ4n) is 2.47. The number of carbonyl (C=O) groups excluding carboxylic acids is 1. The first-order valence-corrected chi connectivity index (χ1v) is 6.70. The van der Waals surface area contributed by atoms with Crippen LogP contribution in [0.5, 0.6) is 0 Å². The third-order valence-corrected chi connectivity index (χ3v) is 3.52. The predicted molar refractivity (Wildman–Crippen MR) is 70.0 cm³/mol. The van der Waals surface area contributed by atoms with Gasteiger partial charge < -0.3 is 19.2 Å². The number of hydrogen-bond acceptors (Lipinski definition) is 5. The quantitative estimate of drug-likeness (QED) is 0.828. The van der Waals surface area contributed by atoms with Crippen molar-refractivity contribution >= 4 is 5.97 Å². The van der Waals surface area contributed by atoms with Crippen LogP contribution in [0.4, 0.5) is 0 Å². The molecular weight excluding hydrogens is 246 g/mol. The lowest BCUT2D eigenvalue weighted by Crippen LogP contribution is -2.34. The minimum Gasteiger partial charge on any atom is -0.463 e. The van der Waals surface area contributed by atoms with Gasteiger partial charge >= 0.3 is 5.97 Å². The molecule has 3 atom stereocenters. The van der Waals surface area contributed by atoms with Crippen LogP contribution in [0.25, 0.3) is 0 Å². The molecule has 1 aromatic rings. The summed E-state index contributed by atoms with van der Waals surface area (Å²) in [4.78, 5) is 11.4. The SMILES string of the molecule is CCNC(c1ccc(C(=O)OC)o1)C1OCCC1C. The first-order chi connectivity index (χ1) is 9.17. The molecule has 0 aliphatic carbocycles. The molecular formula is C14H21NO4. The number of carbonyl (C=O) groups is 1. The number of methoxy groups -OCH3 is 1. The van der Waals surface area contributed by atoms with E-state index in [0.29, 0.717) is 5.92 Å². The van der Waals surface area contributed by atoms with Gasteiger partial charge in [0.1, 0.15) is 5.76 Å². The van der Waals surface area contributed by atoms with Gasteiger partial charge in [0.15, 0.2) is 0 Å². The summed E-state index contributed by atoms with van der Waals surface area (Å²) in [5.74, 6) is 0.963. The highest BCUT2D eigenvalue weighted by Gasteiger charge is 2.34. The van der Waals surface area contributed by atoms with E-state index in [1.165, 1.54) is 7.11 Å². The van der Waals surface area contributed by atoms with Crippen LogP contribution in [0, 0.1) is 5.92 Å². The number of likely N-dealkylation sites (N-methyl/N-ethyl adjacent to an activating group) is 1. The lowest BCUT2D eigenvalue weighted by atomic mass is 9.96. The third kappa shape index (κ3) is 2.98. The predicted octanol–water partition coefficient (Wildman–Crippen LogP) is 2.14. The molecule has 2 rings (SSSR count). The summed E-state index contributed by atoms with van der Waals surface area (Å²) in [7, 11) is 1.34. The van der Waals surface area contributed by atoms with Gasteiger partial charge in [0, 0.05) is 6.61 Å². The molecule has 0 amide bonds. The Morgan fingerprint density at radius 3 is 2.95 bits per heavy atom. The highest BCUT2D eigenvalue weighted by molar-refractivity contribution is 5.86. The van der Waals surface area contributed by atoms with E-state index < -0.39 is 5.97 Å². The summed E-state index contributed by atoms with van der Waals surface area (Å²) < 4.78 is 16.0. The average molecular weight is 267 g/mol. The molecule has 106 valence electrons. The van der Waals surface area contributed by atoms with E-state index in [0.717, 1.165) is 25.3 Å². The van der Waals surface area contributed by atoms with E-state index in [-0.39, 0.29) is 17.9 Å². The molecule has 1 aliphatic heterocycles. The molecule has 1 saturated heterocycles. The van der Waals surface area contributed by atoms with Crippen molar-refractivity contribution in [1.82, 2.24) is 5.32 Å². The van der Waals surface area contributed by atoms with Crippen molar-refractivity contribution in [3.63, 3.8) is 0 Å². The Morgan fingerprint density at radius 2 is 2.37 bits per heavy atom. The monoisotopic (exact) mass is 267 g/mol. The van der Waals surface area contributed by atoms with Crippen LogP contribution in [-0.2, 0) is 9.47 Å². The molecule has 0 spiro atoms. The maximum absolute atomic E-state index is 11.4. The lowest BCUT2D eigenvalue weighted by molar-refractivity contribution is 0.0491. The normalized spacial score (nSPS) is 24.4.